The highest BCUT2D eigenvalue weighted by molar-refractivity contribution is 7.98. The van der Waals surface area contributed by atoms with Crippen LogP contribution in [0.4, 0.5) is 0 Å². The molecule has 2 aromatic carbocycles. The van der Waals surface area contributed by atoms with Gasteiger partial charge >= 0.3 is 0 Å². The Balaban J connectivity index is 1.81. The van der Waals surface area contributed by atoms with E-state index < -0.39 is 0 Å². The quantitative estimate of drug-likeness (QED) is 0.362. The van der Waals surface area contributed by atoms with Gasteiger partial charge in [0.1, 0.15) is 5.75 Å². The molecule has 0 aliphatic heterocycles. The van der Waals surface area contributed by atoms with Crippen LogP contribution in [0.1, 0.15) is 18.4 Å². The summed E-state index contributed by atoms with van der Waals surface area (Å²) in [5.74, 6) is 4.23. The summed E-state index contributed by atoms with van der Waals surface area (Å²) in [6.45, 7) is 1.64. The Morgan fingerprint density at radius 3 is 2.41 bits per heavy atom. The summed E-state index contributed by atoms with van der Waals surface area (Å²) in [6, 6.07) is 15.6. The van der Waals surface area contributed by atoms with Gasteiger partial charge in [-0.15, -0.1) is 0 Å². The first-order valence-electron chi connectivity index (χ1n) is 9.10. The Hall–Kier alpha value is -2.34. The van der Waals surface area contributed by atoms with Crippen LogP contribution in [0.15, 0.2) is 53.5 Å². The van der Waals surface area contributed by atoms with Gasteiger partial charge in [0.25, 0.3) is 0 Å². The zero-order chi connectivity index (χ0) is 19.3. The minimum atomic E-state index is 0.706. The van der Waals surface area contributed by atoms with Gasteiger partial charge in [-0.05, 0) is 54.7 Å². The van der Waals surface area contributed by atoms with E-state index >= 15 is 0 Å². The third kappa shape index (κ3) is 7.43. The van der Waals surface area contributed by atoms with Gasteiger partial charge in [-0.3, -0.25) is 4.99 Å². The normalized spacial score (nSPS) is 11.1. The molecular formula is C21H29N3O2S. The smallest absolute Gasteiger partial charge is 0.191 e. The molecule has 0 aliphatic rings. The maximum atomic E-state index is 5.90. The fourth-order valence-electron chi connectivity index (χ4n) is 2.49. The number of ether oxygens (including phenoxy) is 2. The largest absolute Gasteiger partial charge is 0.493 e. The van der Waals surface area contributed by atoms with Crippen LogP contribution in [0, 0.1) is 0 Å². The maximum Gasteiger partial charge on any atom is 0.191 e. The summed E-state index contributed by atoms with van der Waals surface area (Å²) in [7, 11) is 3.43. The minimum Gasteiger partial charge on any atom is -0.493 e. The monoisotopic (exact) mass is 387 g/mol. The van der Waals surface area contributed by atoms with Gasteiger partial charge in [-0.25, -0.2) is 0 Å². The van der Waals surface area contributed by atoms with E-state index in [-0.39, 0.29) is 0 Å². The van der Waals surface area contributed by atoms with E-state index in [1.165, 1.54) is 12.2 Å². The van der Waals surface area contributed by atoms with Crippen molar-refractivity contribution < 1.29 is 9.47 Å². The van der Waals surface area contributed by atoms with Crippen molar-refractivity contribution in [2.75, 3.05) is 32.7 Å². The van der Waals surface area contributed by atoms with E-state index in [0.717, 1.165) is 36.0 Å². The molecule has 0 bridgehead atoms. The van der Waals surface area contributed by atoms with Crippen LogP contribution in [-0.4, -0.2) is 38.7 Å². The molecule has 0 atom stereocenters. The molecule has 2 rings (SSSR count). The number of thioether (sulfide) groups is 1. The summed E-state index contributed by atoms with van der Waals surface area (Å²) in [6.07, 6.45) is 4.51. The standard InChI is InChI=1S/C21H29N3O2S/c1-22-21(23-14-6-7-15-27-3)24-16-17-10-12-18(13-11-17)26-20-9-5-4-8-19(20)25-2/h4-5,8-13H,6-7,14-16H2,1-3H3,(H2,22,23,24). The van der Waals surface area contributed by atoms with Crippen LogP contribution in [0.2, 0.25) is 0 Å². The van der Waals surface area contributed by atoms with Crippen LogP contribution in [0.25, 0.3) is 0 Å². The molecule has 0 heterocycles. The molecule has 0 aromatic heterocycles. The Morgan fingerprint density at radius 2 is 1.74 bits per heavy atom. The molecule has 0 fully saturated rings. The second-order valence-electron chi connectivity index (χ2n) is 5.95. The molecule has 6 heteroatoms. The van der Waals surface area contributed by atoms with Crippen molar-refractivity contribution >= 4 is 17.7 Å². The first kappa shape index (κ1) is 21.0. The summed E-state index contributed by atoms with van der Waals surface area (Å²) in [5, 5.41) is 6.68. The number of guanidine groups is 1. The maximum absolute atomic E-state index is 5.90. The molecule has 0 amide bonds. The number of aliphatic imine (C=N–C) groups is 1. The van der Waals surface area contributed by atoms with Crippen LogP contribution in [-0.2, 0) is 6.54 Å². The predicted octanol–water partition coefficient (Wildman–Crippen LogP) is 4.30. The van der Waals surface area contributed by atoms with Gasteiger partial charge in [-0.1, -0.05) is 24.3 Å². The number of unbranched alkanes of at least 4 members (excludes halogenated alkanes) is 1. The molecule has 5 nitrogen and oxygen atoms in total. The van der Waals surface area contributed by atoms with E-state index in [0.29, 0.717) is 12.3 Å². The van der Waals surface area contributed by atoms with Crippen LogP contribution in [0.5, 0.6) is 17.2 Å². The molecule has 27 heavy (non-hydrogen) atoms. The van der Waals surface area contributed by atoms with Crippen molar-refractivity contribution in [3.63, 3.8) is 0 Å². The molecule has 0 unspecified atom stereocenters. The highest BCUT2D eigenvalue weighted by Gasteiger charge is 2.04. The Morgan fingerprint density at radius 1 is 1.00 bits per heavy atom. The van der Waals surface area contributed by atoms with Crippen molar-refractivity contribution in [3.8, 4) is 17.2 Å². The molecule has 0 aliphatic carbocycles. The topological polar surface area (TPSA) is 54.9 Å². The zero-order valence-electron chi connectivity index (χ0n) is 16.3. The van der Waals surface area contributed by atoms with Gasteiger partial charge in [0.15, 0.2) is 17.5 Å². The Bertz CT molecular complexity index is 705. The van der Waals surface area contributed by atoms with Gasteiger partial charge in [0, 0.05) is 20.1 Å². The van der Waals surface area contributed by atoms with Crippen molar-refractivity contribution in [2.45, 2.75) is 19.4 Å². The van der Waals surface area contributed by atoms with Crippen LogP contribution >= 0.6 is 11.8 Å². The van der Waals surface area contributed by atoms with Gasteiger partial charge < -0.3 is 20.1 Å². The summed E-state index contributed by atoms with van der Waals surface area (Å²) in [5.41, 5.74) is 1.16. The average molecular weight is 388 g/mol. The Labute approximate surface area is 166 Å². The molecular weight excluding hydrogens is 358 g/mol. The van der Waals surface area contributed by atoms with E-state index in [2.05, 4.69) is 21.9 Å². The third-order valence-corrected chi connectivity index (χ3v) is 4.67. The lowest BCUT2D eigenvalue weighted by molar-refractivity contribution is 0.379. The first-order chi connectivity index (χ1) is 13.3. The molecule has 0 saturated heterocycles. The number of methoxy groups -OCH3 is 1. The lowest BCUT2D eigenvalue weighted by atomic mass is 10.2. The molecule has 146 valence electrons. The highest BCUT2D eigenvalue weighted by atomic mass is 32.2. The number of hydrogen-bond donors (Lipinski definition) is 2. The van der Waals surface area contributed by atoms with Gasteiger partial charge in [0.2, 0.25) is 0 Å². The molecule has 0 radical (unpaired) electrons. The molecule has 0 spiro atoms. The van der Waals surface area contributed by atoms with Gasteiger partial charge in [0.05, 0.1) is 7.11 Å². The SMILES string of the molecule is CN=C(NCCCCSC)NCc1ccc(Oc2ccccc2OC)cc1. The van der Waals surface area contributed by atoms with Gasteiger partial charge in [-0.2, -0.15) is 11.8 Å². The average Bonchev–Trinajstić information content (AvgIpc) is 2.71. The molecule has 0 saturated carbocycles. The molecule has 2 aromatic rings. The first-order valence-corrected chi connectivity index (χ1v) is 10.5. The lowest BCUT2D eigenvalue weighted by Crippen LogP contribution is -2.37. The van der Waals surface area contributed by atoms with E-state index in [1.54, 1.807) is 14.2 Å². The fraction of sp³-hybridized carbons (Fsp3) is 0.381. The van der Waals surface area contributed by atoms with E-state index in [9.17, 15) is 0 Å². The summed E-state index contributed by atoms with van der Waals surface area (Å²) in [4.78, 5) is 4.26. The second-order valence-corrected chi connectivity index (χ2v) is 6.93. The van der Waals surface area contributed by atoms with Crippen molar-refractivity contribution in [2.24, 2.45) is 4.99 Å². The van der Waals surface area contributed by atoms with Crippen molar-refractivity contribution in [1.82, 2.24) is 10.6 Å². The van der Waals surface area contributed by atoms with Crippen LogP contribution in [0.3, 0.4) is 0 Å². The molecule has 2 N–H and O–H groups in total. The number of nitrogens with one attached hydrogen (secondary N) is 2. The summed E-state index contributed by atoms with van der Waals surface area (Å²) >= 11 is 1.89. The fourth-order valence-corrected chi connectivity index (χ4v) is 2.98. The van der Waals surface area contributed by atoms with Crippen molar-refractivity contribution in [1.29, 1.82) is 0 Å². The number of benzene rings is 2. The summed E-state index contributed by atoms with van der Waals surface area (Å²) < 4.78 is 11.2. The minimum absolute atomic E-state index is 0.706. The number of nitrogens with zero attached hydrogens (tertiary/aromatic N) is 1. The lowest BCUT2D eigenvalue weighted by Gasteiger charge is -2.13. The van der Waals surface area contributed by atoms with Crippen molar-refractivity contribution in [3.05, 3.63) is 54.1 Å². The number of hydrogen-bond acceptors (Lipinski definition) is 4. The zero-order valence-corrected chi connectivity index (χ0v) is 17.1. The number of rotatable bonds is 10. The second kappa shape index (κ2) is 12.1. The van der Waals surface area contributed by atoms with E-state index in [1.807, 2.05) is 60.3 Å². The van der Waals surface area contributed by atoms with Crippen LogP contribution < -0.4 is 20.1 Å². The predicted molar refractivity (Wildman–Crippen MR) is 115 cm³/mol. The highest BCUT2D eigenvalue weighted by Crippen LogP contribution is 2.30. The van der Waals surface area contributed by atoms with E-state index in [4.69, 9.17) is 9.47 Å². The number of para-hydroxylation sites is 2. The Kier molecular flexibility index (Phi) is 9.41. The third-order valence-electron chi connectivity index (χ3n) is 3.97.